The average Bonchev–Trinajstić information content (AvgIpc) is 2.70. The third-order valence-electron chi connectivity index (χ3n) is 4.06. The van der Waals surface area contributed by atoms with Crippen LogP contribution in [0.3, 0.4) is 0 Å². The molecule has 2 rings (SSSR count). The lowest BCUT2D eigenvalue weighted by atomic mass is 10.1. The molecule has 0 atom stereocenters. The fourth-order valence-corrected chi connectivity index (χ4v) is 2.50. The first kappa shape index (κ1) is 22.1. The number of phenolic OH excluding ortho intramolecular Hbond substituents is 1. The van der Waals surface area contributed by atoms with Crippen LogP contribution in [0.4, 0.5) is 0 Å². The molecule has 0 amide bonds. The average molecular weight is 393 g/mol. The summed E-state index contributed by atoms with van der Waals surface area (Å²) in [6.45, 7) is 1.64. The summed E-state index contributed by atoms with van der Waals surface area (Å²) in [6.07, 6.45) is 6.88. The van der Waals surface area contributed by atoms with Gasteiger partial charge in [-0.3, -0.25) is 9.59 Å². The number of benzene rings is 2. The van der Waals surface area contributed by atoms with Gasteiger partial charge in [-0.2, -0.15) is 0 Å². The van der Waals surface area contributed by atoms with E-state index < -0.39 is 0 Å². The Bertz CT molecular complexity index is 849. The van der Waals surface area contributed by atoms with Crippen molar-refractivity contribution in [3.05, 3.63) is 71.8 Å². The number of nitrogens with zero attached hydrogens (tertiary/aromatic N) is 1. The molecule has 0 radical (unpaired) electrons. The van der Waals surface area contributed by atoms with E-state index in [9.17, 15) is 14.7 Å². The Morgan fingerprint density at radius 1 is 0.897 bits per heavy atom. The zero-order valence-electron chi connectivity index (χ0n) is 16.9. The Balaban J connectivity index is 1.77. The Labute approximate surface area is 171 Å². The minimum Gasteiger partial charge on any atom is -0.508 e. The van der Waals surface area contributed by atoms with Crippen LogP contribution in [0.25, 0.3) is 12.2 Å². The highest BCUT2D eigenvalue weighted by Gasteiger charge is 2.04. The quantitative estimate of drug-likeness (QED) is 0.355. The van der Waals surface area contributed by atoms with Crippen LogP contribution < -0.4 is 4.74 Å². The zero-order chi connectivity index (χ0) is 21.1. The molecule has 0 fully saturated rings. The van der Waals surface area contributed by atoms with Crippen LogP contribution >= 0.6 is 0 Å². The number of hydrogen-bond acceptors (Lipinski definition) is 5. The molecule has 0 aliphatic rings. The second-order valence-corrected chi connectivity index (χ2v) is 6.94. The van der Waals surface area contributed by atoms with Crippen molar-refractivity contribution >= 4 is 23.7 Å². The molecule has 0 bridgehead atoms. The number of phenols is 1. The summed E-state index contributed by atoms with van der Waals surface area (Å²) < 4.78 is 5.68. The van der Waals surface area contributed by atoms with Gasteiger partial charge >= 0.3 is 0 Å². The van der Waals surface area contributed by atoms with Gasteiger partial charge in [0.15, 0.2) is 11.6 Å². The summed E-state index contributed by atoms with van der Waals surface area (Å²) in [5, 5.41) is 9.24. The molecule has 29 heavy (non-hydrogen) atoms. The predicted molar refractivity (Wildman–Crippen MR) is 116 cm³/mol. The Kier molecular flexibility index (Phi) is 8.86. The van der Waals surface area contributed by atoms with E-state index in [1.54, 1.807) is 24.3 Å². The van der Waals surface area contributed by atoms with Gasteiger partial charge in [-0.05, 0) is 68.1 Å². The molecule has 0 aliphatic heterocycles. The number of carbonyl (C=O) groups excluding carboxylic acids is 2. The molecular formula is C24H27NO4. The van der Waals surface area contributed by atoms with Crippen molar-refractivity contribution in [1.29, 1.82) is 0 Å². The third-order valence-corrected chi connectivity index (χ3v) is 4.06. The molecule has 0 spiro atoms. The van der Waals surface area contributed by atoms with Crippen LogP contribution in [0, 0.1) is 0 Å². The summed E-state index contributed by atoms with van der Waals surface area (Å²) in [4.78, 5) is 26.0. The molecule has 0 aromatic heterocycles. The molecule has 0 saturated carbocycles. The minimum absolute atomic E-state index is 0.165. The van der Waals surface area contributed by atoms with Gasteiger partial charge in [-0.15, -0.1) is 0 Å². The van der Waals surface area contributed by atoms with Crippen molar-refractivity contribution in [3.8, 4) is 11.5 Å². The normalized spacial score (nSPS) is 11.4. The van der Waals surface area contributed by atoms with E-state index in [0.29, 0.717) is 6.61 Å². The topological polar surface area (TPSA) is 66.8 Å². The lowest BCUT2D eigenvalue weighted by molar-refractivity contribution is -0.121. The van der Waals surface area contributed by atoms with Crippen LogP contribution in [0.5, 0.6) is 11.5 Å². The van der Waals surface area contributed by atoms with Crippen molar-refractivity contribution in [1.82, 2.24) is 4.90 Å². The minimum atomic E-state index is -0.269. The van der Waals surface area contributed by atoms with Crippen LogP contribution in [0.2, 0.25) is 0 Å². The third kappa shape index (κ3) is 9.04. The molecule has 5 heteroatoms. The van der Waals surface area contributed by atoms with Crippen LogP contribution in [-0.4, -0.2) is 48.8 Å². The standard InChI is InChI=1S/C24H27NO4/c1-25(2)16-3-17-29-24-14-8-20(9-15-24)7-13-23(28)18-22(27)12-6-19-4-10-21(26)11-5-19/h4-15,26H,3,16-18H2,1-2H3/b12-6+,13-7+. The molecule has 152 valence electrons. The summed E-state index contributed by atoms with van der Waals surface area (Å²) in [5.41, 5.74) is 1.65. The highest BCUT2D eigenvalue weighted by atomic mass is 16.5. The van der Waals surface area contributed by atoms with Gasteiger partial charge in [-0.1, -0.05) is 36.4 Å². The van der Waals surface area contributed by atoms with Crippen LogP contribution in [0.1, 0.15) is 24.0 Å². The van der Waals surface area contributed by atoms with E-state index in [1.807, 2.05) is 38.4 Å². The first-order valence-electron chi connectivity index (χ1n) is 9.51. The number of hydrogen-bond donors (Lipinski definition) is 1. The lowest BCUT2D eigenvalue weighted by Crippen LogP contribution is -2.15. The largest absolute Gasteiger partial charge is 0.508 e. The van der Waals surface area contributed by atoms with Gasteiger partial charge < -0.3 is 14.7 Å². The van der Waals surface area contributed by atoms with Gasteiger partial charge in [0.1, 0.15) is 11.5 Å². The highest BCUT2D eigenvalue weighted by molar-refractivity contribution is 6.10. The Morgan fingerprint density at radius 2 is 1.41 bits per heavy atom. The van der Waals surface area contributed by atoms with E-state index in [4.69, 9.17) is 4.74 Å². The second kappa shape index (κ2) is 11.6. The molecule has 0 aliphatic carbocycles. The number of rotatable bonds is 11. The Morgan fingerprint density at radius 3 is 1.93 bits per heavy atom. The van der Waals surface area contributed by atoms with E-state index in [2.05, 4.69) is 4.90 Å². The summed E-state index contributed by atoms with van der Waals surface area (Å²) in [5.74, 6) is 0.433. The number of allylic oxidation sites excluding steroid dienone is 2. The molecule has 1 N–H and O–H groups in total. The van der Waals surface area contributed by atoms with Crippen molar-refractivity contribution in [2.45, 2.75) is 12.8 Å². The number of ketones is 2. The predicted octanol–water partition coefficient (Wildman–Crippen LogP) is 3.98. The van der Waals surface area contributed by atoms with Gasteiger partial charge in [-0.25, -0.2) is 0 Å². The molecular weight excluding hydrogens is 366 g/mol. The van der Waals surface area contributed by atoms with E-state index in [0.717, 1.165) is 29.8 Å². The zero-order valence-corrected chi connectivity index (χ0v) is 16.9. The van der Waals surface area contributed by atoms with E-state index in [-0.39, 0.29) is 23.7 Å². The molecule has 2 aromatic carbocycles. The van der Waals surface area contributed by atoms with E-state index in [1.165, 1.54) is 24.3 Å². The maximum atomic E-state index is 12.0. The summed E-state index contributed by atoms with van der Waals surface area (Å²) in [7, 11) is 4.06. The summed E-state index contributed by atoms with van der Waals surface area (Å²) >= 11 is 0. The van der Waals surface area contributed by atoms with Gasteiger partial charge in [0.25, 0.3) is 0 Å². The van der Waals surface area contributed by atoms with Crippen LogP contribution in [-0.2, 0) is 9.59 Å². The van der Waals surface area contributed by atoms with Crippen molar-refractivity contribution in [2.24, 2.45) is 0 Å². The van der Waals surface area contributed by atoms with E-state index >= 15 is 0 Å². The molecule has 5 nitrogen and oxygen atoms in total. The van der Waals surface area contributed by atoms with Crippen molar-refractivity contribution in [3.63, 3.8) is 0 Å². The van der Waals surface area contributed by atoms with Gasteiger partial charge in [0.2, 0.25) is 0 Å². The van der Waals surface area contributed by atoms with Gasteiger partial charge in [0.05, 0.1) is 13.0 Å². The first-order valence-corrected chi connectivity index (χ1v) is 9.51. The van der Waals surface area contributed by atoms with Crippen molar-refractivity contribution < 1.29 is 19.4 Å². The monoisotopic (exact) mass is 393 g/mol. The number of carbonyl (C=O) groups is 2. The fraction of sp³-hybridized carbons (Fsp3) is 0.250. The van der Waals surface area contributed by atoms with Crippen molar-refractivity contribution in [2.75, 3.05) is 27.2 Å². The second-order valence-electron chi connectivity index (χ2n) is 6.94. The maximum absolute atomic E-state index is 12.0. The first-order chi connectivity index (χ1) is 13.9. The molecule has 0 heterocycles. The summed E-state index contributed by atoms with van der Waals surface area (Å²) in [6, 6.07) is 13.9. The fourth-order valence-electron chi connectivity index (χ4n) is 2.50. The van der Waals surface area contributed by atoms with Gasteiger partial charge in [0, 0.05) is 6.54 Å². The SMILES string of the molecule is CN(C)CCCOc1ccc(/C=C/C(=O)CC(=O)/C=C/c2ccc(O)cc2)cc1. The molecule has 0 unspecified atom stereocenters. The highest BCUT2D eigenvalue weighted by Crippen LogP contribution is 2.14. The smallest absolute Gasteiger partial charge is 0.163 e. The van der Waals surface area contributed by atoms with Crippen LogP contribution in [0.15, 0.2) is 60.7 Å². The Hall–Kier alpha value is -3.18. The maximum Gasteiger partial charge on any atom is 0.163 e. The molecule has 2 aromatic rings. The molecule has 0 saturated heterocycles. The number of ether oxygens (including phenoxy) is 1. The lowest BCUT2D eigenvalue weighted by Gasteiger charge is -2.10. The number of aromatic hydroxyl groups is 1.